The lowest BCUT2D eigenvalue weighted by atomic mass is 9.98. The Bertz CT molecular complexity index is 1050. The number of amides is 1. The average molecular weight is 434 g/mol. The molecular weight excluding hydrogens is 406 g/mol. The van der Waals surface area contributed by atoms with Crippen LogP contribution in [0.3, 0.4) is 0 Å². The van der Waals surface area contributed by atoms with Crippen LogP contribution in [0.1, 0.15) is 35.6 Å². The molecule has 0 bridgehead atoms. The fourth-order valence-corrected chi connectivity index (χ4v) is 4.13. The Morgan fingerprint density at radius 3 is 2.28 bits per heavy atom. The highest BCUT2D eigenvalue weighted by molar-refractivity contribution is 5.79. The van der Waals surface area contributed by atoms with Crippen LogP contribution in [0.25, 0.3) is 11.1 Å². The van der Waals surface area contributed by atoms with E-state index in [2.05, 4.69) is 29.6 Å². The van der Waals surface area contributed by atoms with Gasteiger partial charge >= 0.3 is 6.09 Å². The molecule has 1 unspecified atom stereocenters. The maximum Gasteiger partial charge on any atom is 0.407 e. The van der Waals surface area contributed by atoms with Crippen molar-refractivity contribution < 1.29 is 24.1 Å². The number of aliphatic hydroxyl groups excluding tert-OH is 1. The van der Waals surface area contributed by atoms with Crippen molar-refractivity contribution in [3.05, 3.63) is 83.4 Å². The molecule has 1 aliphatic rings. The van der Waals surface area contributed by atoms with Crippen molar-refractivity contribution in [2.45, 2.75) is 18.9 Å². The van der Waals surface area contributed by atoms with Crippen LogP contribution in [0.15, 0.2) is 66.7 Å². The molecule has 6 heteroatoms. The van der Waals surface area contributed by atoms with Crippen LogP contribution < -0.4 is 14.8 Å². The zero-order valence-electron chi connectivity index (χ0n) is 18.2. The van der Waals surface area contributed by atoms with Gasteiger partial charge in [-0.2, -0.15) is 0 Å². The summed E-state index contributed by atoms with van der Waals surface area (Å²) in [6.45, 7) is 2.25. The first kappa shape index (κ1) is 21.7. The van der Waals surface area contributed by atoms with Gasteiger partial charge in [-0.1, -0.05) is 54.6 Å². The highest BCUT2D eigenvalue weighted by Gasteiger charge is 2.29. The number of fused-ring (bicyclic) bond motifs is 3. The summed E-state index contributed by atoms with van der Waals surface area (Å²) in [6, 6.07) is 21.6. The van der Waals surface area contributed by atoms with Gasteiger partial charge in [0, 0.05) is 5.92 Å². The zero-order chi connectivity index (χ0) is 22.5. The van der Waals surface area contributed by atoms with Gasteiger partial charge in [-0.15, -0.1) is 0 Å². The van der Waals surface area contributed by atoms with Gasteiger partial charge in [-0.25, -0.2) is 4.79 Å². The molecule has 1 aliphatic carbocycles. The van der Waals surface area contributed by atoms with Crippen LogP contribution in [-0.2, 0) is 4.74 Å². The number of aliphatic hydroxyl groups is 1. The van der Waals surface area contributed by atoms with Crippen LogP contribution in [0.5, 0.6) is 11.5 Å². The molecule has 1 atom stereocenters. The topological polar surface area (TPSA) is 77.0 Å². The number of ether oxygens (including phenoxy) is 3. The number of carbonyl (C=O) groups is 1. The van der Waals surface area contributed by atoms with Crippen LogP contribution in [-0.4, -0.2) is 38.1 Å². The first-order chi connectivity index (χ1) is 15.6. The zero-order valence-corrected chi connectivity index (χ0v) is 18.2. The number of rotatable bonds is 8. The van der Waals surface area contributed by atoms with E-state index in [0.29, 0.717) is 11.5 Å². The van der Waals surface area contributed by atoms with Gasteiger partial charge in [-0.3, -0.25) is 0 Å². The van der Waals surface area contributed by atoms with Crippen LogP contribution in [0.4, 0.5) is 4.79 Å². The van der Waals surface area contributed by atoms with E-state index in [1.807, 2.05) is 37.3 Å². The van der Waals surface area contributed by atoms with E-state index >= 15 is 0 Å². The molecule has 0 saturated heterocycles. The van der Waals surface area contributed by atoms with Gasteiger partial charge in [0.1, 0.15) is 13.2 Å². The van der Waals surface area contributed by atoms with Gasteiger partial charge in [0.05, 0.1) is 19.8 Å². The predicted molar refractivity (Wildman–Crippen MR) is 122 cm³/mol. The minimum absolute atomic E-state index is 0.0199. The lowest BCUT2D eigenvalue weighted by Gasteiger charge is -2.18. The van der Waals surface area contributed by atoms with Crippen LogP contribution in [0.2, 0.25) is 0 Å². The molecule has 3 aromatic rings. The van der Waals surface area contributed by atoms with Gasteiger partial charge in [-0.05, 0) is 46.9 Å². The van der Waals surface area contributed by atoms with Crippen LogP contribution in [0, 0.1) is 0 Å². The summed E-state index contributed by atoms with van der Waals surface area (Å²) in [5, 5.41) is 11.8. The molecule has 3 aromatic carbocycles. The van der Waals surface area contributed by atoms with E-state index in [1.165, 1.54) is 22.3 Å². The van der Waals surface area contributed by atoms with Crippen molar-refractivity contribution in [1.29, 1.82) is 0 Å². The second-order valence-electron chi connectivity index (χ2n) is 7.67. The van der Waals surface area contributed by atoms with E-state index in [9.17, 15) is 4.79 Å². The van der Waals surface area contributed by atoms with E-state index in [1.54, 1.807) is 19.2 Å². The molecule has 1 amide bonds. The van der Waals surface area contributed by atoms with E-state index in [0.717, 1.165) is 5.56 Å². The molecule has 0 saturated carbocycles. The summed E-state index contributed by atoms with van der Waals surface area (Å²) in [6.07, 6.45) is -0.473. The normalized spacial score (nSPS) is 13.1. The molecule has 0 spiro atoms. The summed E-state index contributed by atoms with van der Waals surface area (Å²) < 4.78 is 16.5. The molecule has 0 fully saturated rings. The van der Waals surface area contributed by atoms with Gasteiger partial charge in [0.2, 0.25) is 0 Å². The Balaban J connectivity index is 1.40. The maximum atomic E-state index is 12.6. The van der Waals surface area contributed by atoms with E-state index in [4.69, 9.17) is 19.3 Å². The predicted octanol–water partition coefficient (Wildman–Crippen LogP) is 4.67. The summed E-state index contributed by atoms with van der Waals surface area (Å²) >= 11 is 0. The second kappa shape index (κ2) is 9.75. The quantitative estimate of drug-likeness (QED) is 0.540. The van der Waals surface area contributed by atoms with Crippen molar-refractivity contribution in [3.8, 4) is 22.6 Å². The number of benzene rings is 3. The Morgan fingerprint density at radius 1 is 1.00 bits per heavy atom. The van der Waals surface area contributed by atoms with Crippen molar-refractivity contribution in [1.82, 2.24) is 5.32 Å². The molecular formula is C26H27NO5. The minimum Gasteiger partial charge on any atom is -0.493 e. The molecule has 0 heterocycles. The standard InChI is InChI=1S/C26H27NO5/c1-17(18-11-12-24(31-14-13-28)25(15-18)30-2)27-26(29)32-16-23-21-9-5-3-7-19(21)20-8-4-6-10-22(20)23/h3-12,15,17,23,28H,13-14,16H2,1-2H3,(H,27,29). The number of methoxy groups -OCH3 is 1. The Kier molecular flexibility index (Phi) is 6.61. The largest absolute Gasteiger partial charge is 0.493 e. The molecule has 2 N–H and O–H groups in total. The molecule has 0 radical (unpaired) electrons. The summed E-state index contributed by atoms with van der Waals surface area (Å²) in [5.74, 6) is 1.10. The van der Waals surface area contributed by atoms with Gasteiger partial charge in [0.25, 0.3) is 0 Å². The number of hydrogen-bond donors (Lipinski definition) is 2. The first-order valence-corrected chi connectivity index (χ1v) is 10.7. The van der Waals surface area contributed by atoms with Crippen molar-refractivity contribution in [3.63, 3.8) is 0 Å². The Labute approximate surface area is 187 Å². The third-order valence-electron chi connectivity index (χ3n) is 5.71. The summed E-state index contributed by atoms with van der Waals surface area (Å²) in [7, 11) is 1.55. The Morgan fingerprint density at radius 2 is 1.66 bits per heavy atom. The fraction of sp³-hybridized carbons (Fsp3) is 0.269. The van der Waals surface area contributed by atoms with E-state index < -0.39 is 6.09 Å². The Hall–Kier alpha value is -3.51. The molecule has 4 rings (SSSR count). The molecule has 32 heavy (non-hydrogen) atoms. The molecule has 0 aromatic heterocycles. The second-order valence-corrected chi connectivity index (χ2v) is 7.67. The molecule has 166 valence electrons. The third-order valence-corrected chi connectivity index (χ3v) is 5.71. The van der Waals surface area contributed by atoms with Crippen LogP contribution >= 0.6 is 0 Å². The summed E-state index contributed by atoms with van der Waals surface area (Å²) in [4.78, 5) is 12.6. The van der Waals surface area contributed by atoms with Crippen molar-refractivity contribution >= 4 is 6.09 Å². The first-order valence-electron chi connectivity index (χ1n) is 10.7. The maximum absolute atomic E-state index is 12.6. The highest BCUT2D eigenvalue weighted by Crippen LogP contribution is 2.44. The SMILES string of the molecule is COc1cc(C(C)NC(=O)OCC2c3ccccc3-c3ccccc32)ccc1OCCO. The van der Waals surface area contributed by atoms with E-state index in [-0.39, 0.29) is 31.8 Å². The smallest absolute Gasteiger partial charge is 0.407 e. The fourth-order valence-electron chi connectivity index (χ4n) is 4.13. The lowest BCUT2D eigenvalue weighted by molar-refractivity contribution is 0.139. The number of alkyl carbamates (subject to hydrolysis) is 1. The lowest BCUT2D eigenvalue weighted by Crippen LogP contribution is -2.28. The average Bonchev–Trinajstić information content (AvgIpc) is 3.15. The highest BCUT2D eigenvalue weighted by atomic mass is 16.5. The number of nitrogens with one attached hydrogen (secondary N) is 1. The summed E-state index contributed by atoms with van der Waals surface area (Å²) in [5.41, 5.74) is 5.60. The molecule has 6 nitrogen and oxygen atoms in total. The van der Waals surface area contributed by atoms with Crippen molar-refractivity contribution in [2.24, 2.45) is 0 Å². The monoisotopic (exact) mass is 433 g/mol. The number of hydrogen-bond acceptors (Lipinski definition) is 5. The van der Waals surface area contributed by atoms with Gasteiger partial charge < -0.3 is 24.6 Å². The molecule has 0 aliphatic heterocycles. The van der Waals surface area contributed by atoms with Gasteiger partial charge in [0.15, 0.2) is 11.5 Å². The number of carbonyl (C=O) groups excluding carboxylic acids is 1. The van der Waals surface area contributed by atoms with Crippen molar-refractivity contribution in [2.75, 3.05) is 26.9 Å². The minimum atomic E-state index is -0.473. The third kappa shape index (κ3) is 4.41.